The smallest absolute Gasteiger partial charge is 0.417 e. The summed E-state index contributed by atoms with van der Waals surface area (Å²) >= 11 is 0. The molecule has 2 rings (SSSR count). The van der Waals surface area contributed by atoms with E-state index in [1.807, 2.05) is 13.8 Å². The van der Waals surface area contributed by atoms with Crippen LogP contribution in [0.5, 0.6) is 5.75 Å². The van der Waals surface area contributed by atoms with E-state index in [9.17, 15) is 4.79 Å². The molecule has 0 atom stereocenters. The molecule has 4 nitrogen and oxygen atoms in total. The van der Waals surface area contributed by atoms with E-state index < -0.39 is 5.76 Å². The Morgan fingerprint density at radius 1 is 1.36 bits per heavy atom. The number of hydrogen-bond donors (Lipinski definition) is 1. The molecule has 2 aromatic rings. The van der Waals surface area contributed by atoms with E-state index in [1.165, 1.54) is 0 Å². The number of fused-ring (bicyclic) bond motifs is 1. The van der Waals surface area contributed by atoms with Crippen molar-refractivity contribution >= 4 is 11.1 Å². The van der Waals surface area contributed by atoms with Crippen molar-refractivity contribution in [2.45, 2.75) is 13.8 Å². The topological polar surface area (TPSA) is 55.2 Å². The van der Waals surface area contributed by atoms with Crippen LogP contribution in [0.3, 0.4) is 0 Å². The molecule has 76 valence electrons. The normalized spacial score (nSPS) is 9.36. The molecule has 14 heavy (non-hydrogen) atoms. The highest BCUT2D eigenvalue weighted by atomic mass is 16.5. The van der Waals surface area contributed by atoms with E-state index in [0.29, 0.717) is 16.8 Å². The summed E-state index contributed by atoms with van der Waals surface area (Å²) < 4.78 is 9.83. The van der Waals surface area contributed by atoms with Crippen LogP contribution in [0.1, 0.15) is 13.8 Å². The van der Waals surface area contributed by atoms with Crippen LogP contribution in [0.2, 0.25) is 0 Å². The van der Waals surface area contributed by atoms with Gasteiger partial charge in [-0.15, -0.1) is 0 Å². The van der Waals surface area contributed by atoms with E-state index in [0.717, 1.165) is 0 Å². The highest BCUT2D eigenvalue weighted by Gasteiger charge is 2.04. The summed E-state index contributed by atoms with van der Waals surface area (Å²) in [5, 5.41) is 0. The molecule has 1 heterocycles. The molecule has 0 unspecified atom stereocenters. The Morgan fingerprint density at radius 2 is 2.07 bits per heavy atom. The van der Waals surface area contributed by atoms with E-state index in [1.54, 1.807) is 25.3 Å². The first kappa shape index (κ1) is 10.4. The third-order valence-corrected chi connectivity index (χ3v) is 1.64. The van der Waals surface area contributed by atoms with E-state index in [2.05, 4.69) is 4.98 Å². The quantitative estimate of drug-likeness (QED) is 0.758. The number of ether oxygens (including phenoxy) is 1. The molecule has 1 aromatic heterocycles. The lowest BCUT2D eigenvalue weighted by Crippen LogP contribution is -1.93. The number of benzene rings is 1. The van der Waals surface area contributed by atoms with Crippen molar-refractivity contribution in [2.75, 3.05) is 7.11 Å². The Hall–Kier alpha value is -1.71. The number of hydrogen-bond acceptors (Lipinski definition) is 3. The number of nitrogens with one attached hydrogen (secondary N) is 1. The van der Waals surface area contributed by atoms with E-state index >= 15 is 0 Å². The van der Waals surface area contributed by atoms with Crippen LogP contribution >= 0.6 is 0 Å². The third kappa shape index (κ3) is 1.79. The largest absolute Gasteiger partial charge is 0.494 e. The van der Waals surface area contributed by atoms with Gasteiger partial charge >= 0.3 is 5.76 Å². The van der Waals surface area contributed by atoms with Crippen LogP contribution in [0.4, 0.5) is 0 Å². The summed E-state index contributed by atoms with van der Waals surface area (Å²) in [6, 6.07) is 5.22. The van der Waals surface area contributed by atoms with Gasteiger partial charge in [0.25, 0.3) is 0 Å². The second kappa shape index (κ2) is 4.50. The average Bonchev–Trinajstić information content (AvgIpc) is 2.60. The molecule has 0 bridgehead atoms. The van der Waals surface area contributed by atoms with Gasteiger partial charge in [-0.05, 0) is 12.1 Å². The Balaban J connectivity index is 0.000000461. The lowest BCUT2D eigenvalue weighted by Gasteiger charge is -1.97. The number of methoxy groups -OCH3 is 1. The molecule has 4 heteroatoms. The fourth-order valence-electron chi connectivity index (χ4n) is 1.12. The Labute approximate surface area is 81.5 Å². The molecule has 0 amide bonds. The molecule has 0 saturated heterocycles. The van der Waals surface area contributed by atoms with Crippen LogP contribution in [0.25, 0.3) is 11.1 Å². The second-order valence-corrected chi connectivity index (χ2v) is 2.35. The lowest BCUT2D eigenvalue weighted by molar-refractivity contribution is 0.419. The SMILES string of the molecule is CC.COc1cccc2oc(=O)[nH]c12. The minimum atomic E-state index is -0.463. The van der Waals surface area contributed by atoms with Crippen molar-refractivity contribution in [2.24, 2.45) is 0 Å². The predicted octanol–water partition coefficient (Wildman–Crippen LogP) is 2.16. The third-order valence-electron chi connectivity index (χ3n) is 1.64. The first-order chi connectivity index (χ1) is 6.81. The zero-order valence-electron chi connectivity index (χ0n) is 8.46. The zero-order valence-corrected chi connectivity index (χ0v) is 8.46. The van der Waals surface area contributed by atoms with Crippen LogP contribution in [0, 0.1) is 0 Å². The zero-order chi connectivity index (χ0) is 10.6. The summed E-state index contributed by atoms with van der Waals surface area (Å²) in [6.07, 6.45) is 0. The number of aromatic nitrogens is 1. The molecule has 0 saturated carbocycles. The minimum absolute atomic E-state index is 0.463. The summed E-state index contributed by atoms with van der Waals surface area (Å²) in [4.78, 5) is 13.3. The second-order valence-electron chi connectivity index (χ2n) is 2.35. The van der Waals surface area contributed by atoms with Gasteiger partial charge in [-0.2, -0.15) is 0 Å². The summed E-state index contributed by atoms with van der Waals surface area (Å²) in [7, 11) is 1.54. The maximum atomic E-state index is 10.8. The van der Waals surface area contributed by atoms with Crippen LogP contribution in [-0.4, -0.2) is 12.1 Å². The first-order valence-electron chi connectivity index (χ1n) is 4.47. The molecule has 0 aliphatic carbocycles. The fraction of sp³-hybridized carbons (Fsp3) is 0.300. The maximum Gasteiger partial charge on any atom is 0.417 e. The molecular formula is C10H13NO3. The minimum Gasteiger partial charge on any atom is -0.494 e. The molecule has 0 radical (unpaired) electrons. The molecule has 1 aromatic carbocycles. The van der Waals surface area contributed by atoms with Gasteiger partial charge in [-0.1, -0.05) is 19.9 Å². The number of para-hydroxylation sites is 1. The average molecular weight is 195 g/mol. The highest BCUT2D eigenvalue weighted by Crippen LogP contribution is 2.21. The molecule has 0 fully saturated rings. The Kier molecular flexibility index (Phi) is 3.34. The summed E-state index contributed by atoms with van der Waals surface area (Å²) in [6.45, 7) is 4.00. The van der Waals surface area contributed by atoms with E-state index in [-0.39, 0.29) is 0 Å². The van der Waals surface area contributed by atoms with Crippen LogP contribution in [0.15, 0.2) is 27.4 Å². The van der Waals surface area contributed by atoms with Gasteiger partial charge in [0.15, 0.2) is 5.58 Å². The van der Waals surface area contributed by atoms with Crippen LogP contribution < -0.4 is 10.5 Å². The lowest BCUT2D eigenvalue weighted by atomic mass is 10.3. The van der Waals surface area contributed by atoms with Crippen molar-refractivity contribution in [1.82, 2.24) is 4.98 Å². The van der Waals surface area contributed by atoms with Crippen molar-refractivity contribution in [3.8, 4) is 5.75 Å². The molecule has 0 aliphatic heterocycles. The van der Waals surface area contributed by atoms with Gasteiger partial charge in [0, 0.05) is 0 Å². The van der Waals surface area contributed by atoms with Crippen LogP contribution in [-0.2, 0) is 0 Å². The molecule has 1 N–H and O–H groups in total. The Morgan fingerprint density at radius 3 is 2.71 bits per heavy atom. The van der Waals surface area contributed by atoms with Gasteiger partial charge in [0.2, 0.25) is 0 Å². The summed E-state index contributed by atoms with van der Waals surface area (Å²) in [5.74, 6) is 0.146. The number of oxazole rings is 1. The van der Waals surface area contributed by atoms with Gasteiger partial charge in [-0.3, -0.25) is 4.98 Å². The van der Waals surface area contributed by atoms with Gasteiger partial charge in [-0.25, -0.2) is 4.79 Å². The van der Waals surface area contributed by atoms with E-state index in [4.69, 9.17) is 9.15 Å². The predicted molar refractivity (Wildman–Crippen MR) is 54.7 cm³/mol. The van der Waals surface area contributed by atoms with Crippen molar-refractivity contribution in [1.29, 1.82) is 0 Å². The monoisotopic (exact) mass is 195 g/mol. The number of aromatic amines is 1. The molecular weight excluding hydrogens is 182 g/mol. The number of rotatable bonds is 1. The van der Waals surface area contributed by atoms with Gasteiger partial charge in [0.05, 0.1) is 7.11 Å². The standard InChI is InChI=1S/C8H7NO3.C2H6/c1-11-5-3-2-4-6-7(5)9-8(10)12-6;1-2/h2-4H,1H3,(H,9,10);1-2H3. The first-order valence-corrected chi connectivity index (χ1v) is 4.47. The van der Waals surface area contributed by atoms with Crippen molar-refractivity contribution in [3.63, 3.8) is 0 Å². The van der Waals surface area contributed by atoms with Gasteiger partial charge < -0.3 is 9.15 Å². The fourth-order valence-corrected chi connectivity index (χ4v) is 1.12. The van der Waals surface area contributed by atoms with Gasteiger partial charge in [0.1, 0.15) is 11.3 Å². The Bertz CT molecular complexity index is 456. The highest BCUT2D eigenvalue weighted by molar-refractivity contribution is 5.79. The molecule has 0 aliphatic rings. The van der Waals surface area contributed by atoms with Crippen molar-refractivity contribution in [3.05, 3.63) is 28.7 Å². The maximum absolute atomic E-state index is 10.8. The molecule has 0 spiro atoms. The van der Waals surface area contributed by atoms with Crippen molar-refractivity contribution < 1.29 is 9.15 Å². The number of H-pyrrole nitrogens is 1. The summed E-state index contributed by atoms with van der Waals surface area (Å²) in [5.41, 5.74) is 1.12.